The van der Waals surface area contributed by atoms with Crippen LogP contribution >= 0.6 is 0 Å². The Morgan fingerprint density at radius 3 is 2.28 bits per heavy atom. The molecule has 0 spiro atoms. The third-order valence-electron chi connectivity index (χ3n) is 6.20. The first-order valence-electron chi connectivity index (χ1n) is 12.4. The summed E-state index contributed by atoms with van der Waals surface area (Å²) in [5.74, 6) is -1.28. The molecular formula is C29H29N3O7. The van der Waals surface area contributed by atoms with E-state index in [0.29, 0.717) is 35.8 Å². The van der Waals surface area contributed by atoms with Gasteiger partial charge in [-0.1, -0.05) is 0 Å². The Morgan fingerprint density at radius 1 is 0.949 bits per heavy atom. The SMILES string of the molecule is CCOc1ccc(OCC)c(N2C(=O)NC(=O)/C(=C\c3cc(C)n(-c4ccc(C(=O)OC)cc4)c3C)C2=O)c1. The van der Waals surface area contributed by atoms with Crippen molar-refractivity contribution in [1.29, 1.82) is 0 Å². The van der Waals surface area contributed by atoms with E-state index in [0.717, 1.165) is 22.0 Å². The summed E-state index contributed by atoms with van der Waals surface area (Å²) in [6.45, 7) is 8.03. The Labute approximate surface area is 225 Å². The van der Waals surface area contributed by atoms with Gasteiger partial charge in [0.1, 0.15) is 17.1 Å². The van der Waals surface area contributed by atoms with Crippen LogP contribution in [0.1, 0.15) is 41.2 Å². The molecule has 4 amide bonds. The number of ether oxygens (including phenoxy) is 3. The van der Waals surface area contributed by atoms with Crippen LogP contribution in [0.15, 0.2) is 54.1 Å². The lowest BCUT2D eigenvalue weighted by Gasteiger charge is -2.28. The van der Waals surface area contributed by atoms with E-state index in [4.69, 9.17) is 14.2 Å². The van der Waals surface area contributed by atoms with Crippen LogP contribution in [0.4, 0.5) is 10.5 Å². The summed E-state index contributed by atoms with van der Waals surface area (Å²) in [4.78, 5) is 52.0. The Kier molecular flexibility index (Phi) is 7.85. The quantitative estimate of drug-likeness (QED) is 0.261. The van der Waals surface area contributed by atoms with Crippen LogP contribution in [0.25, 0.3) is 11.8 Å². The molecular weight excluding hydrogens is 502 g/mol. The molecule has 202 valence electrons. The maximum Gasteiger partial charge on any atom is 0.337 e. The molecule has 4 rings (SSSR count). The molecule has 0 radical (unpaired) electrons. The van der Waals surface area contributed by atoms with E-state index in [-0.39, 0.29) is 11.3 Å². The molecule has 1 aliphatic rings. The molecule has 2 heterocycles. The van der Waals surface area contributed by atoms with E-state index >= 15 is 0 Å². The number of carbonyl (C=O) groups excluding carboxylic acids is 4. The largest absolute Gasteiger partial charge is 0.494 e. The highest BCUT2D eigenvalue weighted by molar-refractivity contribution is 6.39. The number of carbonyl (C=O) groups is 4. The lowest BCUT2D eigenvalue weighted by Crippen LogP contribution is -2.54. The first-order valence-corrected chi connectivity index (χ1v) is 12.4. The number of anilines is 1. The molecule has 10 heteroatoms. The highest BCUT2D eigenvalue weighted by atomic mass is 16.5. The van der Waals surface area contributed by atoms with Crippen molar-refractivity contribution in [2.45, 2.75) is 27.7 Å². The molecule has 3 aromatic rings. The standard InChI is InChI=1S/C29H29N3O7/c1-6-38-22-12-13-25(39-7-2)24(16-22)32-27(34)23(26(33)30-29(32)36)15-20-14-17(3)31(18(20)4)21-10-8-19(9-11-21)28(35)37-5/h8-16H,6-7H2,1-5H3,(H,30,33,36)/b23-15+. The summed E-state index contributed by atoms with van der Waals surface area (Å²) in [6.07, 6.45) is 1.46. The van der Waals surface area contributed by atoms with Crippen LogP contribution in [-0.2, 0) is 14.3 Å². The number of hydrogen-bond donors (Lipinski definition) is 1. The number of hydrogen-bond acceptors (Lipinski definition) is 7. The molecule has 0 saturated carbocycles. The van der Waals surface area contributed by atoms with E-state index < -0.39 is 23.8 Å². The normalized spacial score (nSPS) is 14.4. The first-order chi connectivity index (χ1) is 18.7. The molecule has 1 aromatic heterocycles. The van der Waals surface area contributed by atoms with Crippen molar-refractivity contribution in [2.24, 2.45) is 0 Å². The molecule has 0 atom stereocenters. The van der Waals surface area contributed by atoms with Crippen molar-refractivity contribution >= 4 is 35.6 Å². The summed E-state index contributed by atoms with van der Waals surface area (Å²) in [5, 5.41) is 2.26. The number of aryl methyl sites for hydroxylation is 1. The van der Waals surface area contributed by atoms with Gasteiger partial charge in [-0.25, -0.2) is 14.5 Å². The van der Waals surface area contributed by atoms with Gasteiger partial charge in [0.2, 0.25) is 0 Å². The Hall–Kier alpha value is -4.86. The van der Waals surface area contributed by atoms with Gasteiger partial charge in [-0.2, -0.15) is 0 Å². The van der Waals surface area contributed by atoms with E-state index in [1.54, 1.807) is 43.3 Å². The number of nitrogens with one attached hydrogen (secondary N) is 1. The second-order valence-electron chi connectivity index (χ2n) is 8.65. The molecule has 10 nitrogen and oxygen atoms in total. The van der Waals surface area contributed by atoms with Crippen molar-refractivity contribution in [3.8, 4) is 17.2 Å². The number of benzene rings is 2. The minimum absolute atomic E-state index is 0.167. The summed E-state index contributed by atoms with van der Waals surface area (Å²) < 4.78 is 17.9. The summed E-state index contributed by atoms with van der Waals surface area (Å²) >= 11 is 0. The number of amides is 4. The fraction of sp³-hybridized carbons (Fsp3) is 0.241. The fourth-order valence-corrected chi connectivity index (χ4v) is 4.43. The van der Waals surface area contributed by atoms with Crippen molar-refractivity contribution in [3.05, 3.63) is 76.6 Å². The molecule has 39 heavy (non-hydrogen) atoms. The predicted octanol–water partition coefficient (Wildman–Crippen LogP) is 4.34. The summed E-state index contributed by atoms with van der Waals surface area (Å²) in [5.41, 5.74) is 3.37. The van der Waals surface area contributed by atoms with Gasteiger partial charge < -0.3 is 18.8 Å². The molecule has 2 aromatic carbocycles. The number of methoxy groups -OCH3 is 1. The lowest BCUT2D eigenvalue weighted by atomic mass is 10.1. The zero-order chi connectivity index (χ0) is 28.3. The number of aromatic nitrogens is 1. The first kappa shape index (κ1) is 27.2. The Bertz CT molecular complexity index is 1490. The van der Waals surface area contributed by atoms with Gasteiger partial charge in [0, 0.05) is 23.1 Å². The Morgan fingerprint density at radius 2 is 1.64 bits per heavy atom. The molecule has 1 saturated heterocycles. The number of esters is 1. The second kappa shape index (κ2) is 11.3. The van der Waals surface area contributed by atoms with Crippen LogP contribution in [0.2, 0.25) is 0 Å². The second-order valence-corrected chi connectivity index (χ2v) is 8.65. The molecule has 0 unspecified atom stereocenters. The van der Waals surface area contributed by atoms with Crippen LogP contribution in [-0.4, -0.2) is 48.7 Å². The number of barbiturate groups is 1. The van der Waals surface area contributed by atoms with Crippen LogP contribution < -0.4 is 19.7 Å². The molecule has 0 bridgehead atoms. The molecule has 1 N–H and O–H groups in total. The average molecular weight is 532 g/mol. The lowest BCUT2D eigenvalue weighted by molar-refractivity contribution is -0.122. The van der Waals surface area contributed by atoms with Crippen molar-refractivity contribution < 1.29 is 33.4 Å². The summed E-state index contributed by atoms with van der Waals surface area (Å²) in [7, 11) is 1.32. The Balaban J connectivity index is 1.74. The maximum atomic E-state index is 13.6. The highest BCUT2D eigenvalue weighted by Gasteiger charge is 2.38. The highest BCUT2D eigenvalue weighted by Crippen LogP contribution is 2.35. The van der Waals surface area contributed by atoms with E-state index in [2.05, 4.69) is 5.32 Å². The van der Waals surface area contributed by atoms with E-state index in [1.165, 1.54) is 19.3 Å². The smallest absolute Gasteiger partial charge is 0.337 e. The van der Waals surface area contributed by atoms with Gasteiger partial charge in [-0.05, 0) is 81.8 Å². The van der Waals surface area contributed by atoms with Crippen LogP contribution in [0.3, 0.4) is 0 Å². The van der Waals surface area contributed by atoms with Crippen molar-refractivity contribution in [3.63, 3.8) is 0 Å². The molecule has 1 aliphatic heterocycles. The van der Waals surface area contributed by atoms with Gasteiger partial charge in [0.15, 0.2) is 0 Å². The van der Waals surface area contributed by atoms with Crippen molar-refractivity contribution in [1.82, 2.24) is 9.88 Å². The third-order valence-corrected chi connectivity index (χ3v) is 6.20. The van der Waals surface area contributed by atoms with Gasteiger partial charge in [0.05, 0.1) is 31.6 Å². The van der Waals surface area contributed by atoms with E-state index in [9.17, 15) is 19.2 Å². The van der Waals surface area contributed by atoms with Crippen molar-refractivity contribution in [2.75, 3.05) is 25.2 Å². The zero-order valence-corrected chi connectivity index (χ0v) is 22.4. The monoisotopic (exact) mass is 531 g/mol. The maximum absolute atomic E-state index is 13.6. The fourth-order valence-electron chi connectivity index (χ4n) is 4.43. The number of urea groups is 1. The minimum Gasteiger partial charge on any atom is -0.494 e. The van der Waals surface area contributed by atoms with Gasteiger partial charge in [-0.15, -0.1) is 0 Å². The predicted molar refractivity (Wildman–Crippen MR) is 144 cm³/mol. The number of imide groups is 2. The van der Waals surface area contributed by atoms with Gasteiger partial charge in [-0.3, -0.25) is 14.9 Å². The number of rotatable bonds is 8. The molecule has 1 fully saturated rings. The summed E-state index contributed by atoms with van der Waals surface area (Å²) in [6, 6.07) is 12.7. The number of nitrogens with zero attached hydrogens (tertiary/aromatic N) is 2. The van der Waals surface area contributed by atoms with Crippen LogP contribution in [0.5, 0.6) is 11.5 Å². The van der Waals surface area contributed by atoms with E-state index in [1.807, 2.05) is 31.4 Å². The topological polar surface area (TPSA) is 116 Å². The minimum atomic E-state index is -0.882. The third kappa shape index (κ3) is 5.26. The zero-order valence-electron chi connectivity index (χ0n) is 22.4. The molecule has 0 aliphatic carbocycles. The van der Waals surface area contributed by atoms with Crippen LogP contribution in [0, 0.1) is 13.8 Å². The van der Waals surface area contributed by atoms with Gasteiger partial charge >= 0.3 is 12.0 Å². The van der Waals surface area contributed by atoms with Gasteiger partial charge in [0.25, 0.3) is 11.8 Å². The average Bonchev–Trinajstić information content (AvgIpc) is 3.20.